The minimum absolute atomic E-state index is 0.0847. The molecule has 0 atom stereocenters. The summed E-state index contributed by atoms with van der Waals surface area (Å²) < 4.78 is 13.0. The summed E-state index contributed by atoms with van der Waals surface area (Å²) in [5, 5.41) is 0.0847. The molecule has 0 amide bonds. The van der Waals surface area contributed by atoms with Gasteiger partial charge in [0, 0.05) is 12.3 Å². The molecule has 0 radical (unpaired) electrons. The van der Waals surface area contributed by atoms with Crippen LogP contribution in [0.15, 0.2) is 18.2 Å². The van der Waals surface area contributed by atoms with Crippen molar-refractivity contribution in [2.45, 2.75) is 19.3 Å². The Labute approximate surface area is 86.9 Å². The summed E-state index contributed by atoms with van der Waals surface area (Å²) in [6.45, 7) is 0. The van der Waals surface area contributed by atoms with E-state index in [2.05, 4.69) is 0 Å². The molecule has 0 unspecified atom stereocenters. The van der Waals surface area contributed by atoms with Crippen molar-refractivity contribution < 1.29 is 9.18 Å². The second-order valence-electron chi connectivity index (χ2n) is 3.63. The summed E-state index contributed by atoms with van der Waals surface area (Å²) in [5.74, 6) is -0.0698. The lowest BCUT2D eigenvalue weighted by atomic mass is 10.1. The molecule has 0 saturated heterocycles. The molecule has 1 saturated carbocycles. The van der Waals surface area contributed by atoms with E-state index in [1.807, 2.05) is 0 Å². The molecule has 1 aliphatic rings. The molecule has 1 aromatic rings. The van der Waals surface area contributed by atoms with E-state index >= 15 is 0 Å². The highest BCUT2D eigenvalue weighted by Crippen LogP contribution is 2.32. The third-order valence-electron chi connectivity index (χ3n) is 2.43. The van der Waals surface area contributed by atoms with Gasteiger partial charge in [-0.05, 0) is 24.5 Å². The van der Waals surface area contributed by atoms with Crippen LogP contribution < -0.4 is 0 Å². The van der Waals surface area contributed by atoms with E-state index in [-0.39, 0.29) is 23.1 Å². The van der Waals surface area contributed by atoms with Crippen molar-refractivity contribution >= 4 is 17.4 Å². The second-order valence-corrected chi connectivity index (χ2v) is 4.01. The smallest absolute Gasteiger partial charge is 0.142 e. The van der Waals surface area contributed by atoms with E-state index in [0.29, 0.717) is 5.56 Å². The summed E-state index contributed by atoms with van der Waals surface area (Å²) in [6.07, 6.45) is 2.22. The van der Waals surface area contributed by atoms with Crippen LogP contribution in [-0.2, 0) is 11.2 Å². The van der Waals surface area contributed by atoms with Gasteiger partial charge in [-0.15, -0.1) is 0 Å². The Morgan fingerprint density at radius 1 is 1.50 bits per heavy atom. The standard InChI is InChI=1S/C11H10ClFO/c12-11-8(2-1-3-9(11)13)6-10(14)7-4-5-7/h1-3,7H,4-6H2. The molecule has 0 aliphatic heterocycles. The number of benzene rings is 1. The number of hydrogen-bond donors (Lipinski definition) is 0. The third kappa shape index (κ3) is 1.95. The molecule has 0 spiro atoms. The number of hydrogen-bond acceptors (Lipinski definition) is 1. The molecule has 1 aromatic carbocycles. The fourth-order valence-electron chi connectivity index (χ4n) is 1.42. The third-order valence-corrected chi connectivity index (χ3v) is 2.85. The molecule has 0 bridgehead atoms. The Hall–Kier alpha value is -0.890. The molecule has 2 rings (SSSR count). The molecule has 14 heavy (non-hydrogen) atoms. The van der Waals surface area contributed by atoms with Crippen molar-refractivity contribution in [2.75, 3.05) is 0 Å². The van der Waals surface area contributed by atoms with Gasteiger partial charge < -0.3 is 0 Å². The van der Waals surface area contributed by atoms with Crippen LogP contribution in [0.2, 0.25) is 5.02 Å². The van der Waals surface area contributed by atoms with Gasteiger partial charge in [0.25, 0.3) is 0 Å². The zero-order chi connectivity index (χ0) is 10.1. The lowest BCUT2D eigenvalue weighted by Crippen LogP contribution is -2.05. The first-order valence-corrected chi connectivity index (χ1v) is 5.02. The van der Waals surface area contributed by atoms with Gasteiger partial charge in [0.15, 0.2) is 0 Å². The number of carbonyl (C=O) groups excluding carboxylic acids is 1. The molecular formula is C11H10ClFO. The molecule has 1 aliphatic carbocycles. The molecule has 0 aromatic heterocycles. The van der Waals surface area contributed by atoms with Gasteiger partial charge in [-0.1, -0.05) is 23.7 Å². The Morgan fingerprint density at radius 3 is 2.86 bits per heavy atom. The molecule has 1 fully saturated rings. The van der Waals surface area contributed by atoms with Crippen LogP contribution in [0.1, 0.15) is 18.4 Å². The van der Waals surface area contributed by atoms with Crippen LogP contribution in [0.3, 0.4) is 0 Å². The Balaban J connectivity index is 2.15. The number of rotatable bonds is 3. The van der Waals surface area contributed by atoms with Crippen LogP contribution in [0, 0.1) is 11.7 Å². The van der Waals surface area contributed by atoms with E-state index in [0.717, 1.165) is 12.8 Å². The van der Waals surface area contributed by atoms with Crippen molar-refractivity contribution in [3.8, 4) is 0 Å². The summed E-state index contributed by atoms with van der Waals surface area (Å²) in [4.78, 5) is 11.5. The number of Topliss-reactive ketones (excluding diaryl/α,β-unsaturated/α-hetero) is 1. The molecule has 3 heteroatoms. The molecule has 1 nitrogen and oxygen atoms in total. The minimum Gasteiger partial charge on any atom is -0.299 e. The van der Waals surface area contributed by atoms with Crippen LogP contribution in [0.25, 0.3) is 0 Å². The fourth-order valence-corrected chi connectivity index (χ4v) is 1.62. The summed E-state index contributed by atoms with van der Waals surface area (Å²) in [6, 6.07) is 4.58. The van der Waals surface area contributed by atoms with Crippen LogP contribution in [0.4, 0.5) is 4.39 Å². The number of ketones is 1. The van der Waals surface area contributed by atoms with E-state index in [4.69, 9.17) is 11.6 Å². The maximum absolute atomic E-state index is 13.0. The topological polar surface area (TPSA) is 17.1 Å². The predicted octanol–water partition coefficient (Wildman–Crippen LogP) is 3.00. The first-order valence-electron chi connectivity index (χ1n) is 4.64. The average Bonchev–Trinajstić information content (AvgIpc) is 2.95. The maximum Gasteiger partial charge on any atom is 0.142 e. The maximum atomic E-state index is 13.0. The second kappa shape index (κ2) is 3.70. The van der Waals surface area contributed by atoms with Crippen LogP contribution in [0.5, 0.6) is 0 Å². The average molecular weight is 213 g/mol. The lowest BCUT2D eigenvalue weighted by Gasteiger charge is -2.03. The minimum atomic E-state index is -0.451. The Bertz CT molecular complexity index is 372. The van der Waals surface area contributed by atoms with Crippen molar-refractivity contribution in [1.82, 2.24) is 0 Å². The zero-order valence-corrected chi connectivity index (χ0v) is 8.35. The van der Waals surface area contributed by atoms with Gasteiger partial charge in [0.2, 0.25) is 0 Å². The first kappa shape index (κ1) is 9.66. The highest BCUT2D eigenvalue weighted by molar-refractivity contribution is 6.31. The van der Waals surface area contributed by atoms with Gasteiger partial charge >= 0.3 is 0 Å². The predicted molar refractivity (Wildman–Crippen MR) is 52.8 cm³/mol. The van der Waals surface area contributed by atoms with E-state index in [1.54, 1.807) is 12.1 Å². The van der Waals surface area contributed by atoms with Crippen molar-refractivity contribution in [2.24, 2.45) is 5.92 Å². The van der Waals surface area contributed by atoms with Gasteiger partial charge in [0.05, 0.1) is 5.02 Å². The molecule has 0 heterocycles. The van der Waals surface area contributed by atoms with Gasteiger partial charge in [-0.2, -0.15) is 0 Å². The summed E-state index contributed by atoms with van der Waals surface area (Å²) >= 11 is 5.74. The monoisotopic (exact) mass is 212 g/mol. The van der Waals surface area contributed by atoms with Crippen LogP contribution >= 0.6 is 11.6 Å². The van der Waals surface area contributed by atoms with E-state index < -0.39 is 5.82 Å². The normalized spacial score (nSPS) is 15.6. The largest absolute Gasteiger partial charge is 0.299 e. The number of carbonyl (C=O) groups is 1. The van der Waals surface area contributed by atoms with Gasteiger partial charge in [-0.3, -0.25) is 4.79 Å². The molecule has 0 N–H and O–H groups in total. The van der Waals surface area contributed by atoms with Crippen LogP contribution in [-0.4, -0.2) is 5.78 Å². The molecule has 74 valence electrons. The highest BCUT2D eigenvalue weighted by Gasteiger charge is 2.29. The van der Waals surface area contributed by atoms with E-state index in [9.17, 15) is 9.18 Å². The summed E-state index contributed by atoms with van der Waals surface area (Å²) in [7, 11) is 0. The van der Waals surface area contributed by atoms with Crippen molar-refractivity contribution in [3.05, 3.63) is 34.6 Å². The fraction of sp³-hybridized carbons (Fsp3) is 0.364. The molecular weight excluding hydrogens is 203 g/mol. The Morgan fingerprint density at radius 2 is 2.21 bits per heavy atom. The SMILES string of the molecule is O=C(Cc1cccc(F)c1Cl)C1CC1. The van der Waals surface area contributed by atoms with E-state index in [1.165, 1.54) is 6.07 Å². The summed E-state index contributed by atoms with van der Waals surface area (Å²) in [5.41, 5.74) is 0.601. The van der Waals surface area contributed by atoms with Crippen molar-refractivity contribution in [3.63, 3.8) is 0 Å². The Kier molecular flexibility index (Phi) is 2.55. The van der Waals surface area contributed by atoms with Crippen molar-refractivity contribution in [1.29, 1.82) is 0 Å². The zero-order valence-electron chi connectivity index (χ0n) is 7.59. The lowest BCUT2D eigenvalue weighted by molar-refractivity contribution is -0.119. The quantitative estimate of drug-likeness (QED) is 0.753. The number of halogens is 2. The van der Waals surface area contributed by atoms with Gasteiger partial charge in [0.1, 0.15) is 11.6 Å². The van der Waals surface area contributed by atoms with Gasteiger partial charge in [-0.25, -0.2) is 4.39 Å². The first-order chi connectivity index (χ1) is 6.68. The highest BCUT2D eigenvalue weighted by atomic mass is 35.5.